The number of likely N-dealkylation sites (N-methyl/N-ethyl adjacent to an activating group) is 1. The number of hydrogen-bond donors (Lipinski definition) is 1. The Morgan fingerprint density at radius 1 is 1.26 bits per heavy atom. The number of nitrogens with one attached hydrogen (secondary N) is 1. The van der Waals surface area contributed by atoms with Gasteiger partial charge >= 0.3 is 0 Å². The third kappa shape index (κ3) is 3.48. The van der Waals surface area contributed by atoms with Crippen LogP contribution in [0.5, 0.6) is 0 Å². The summed E-state index contributed by atoms with van der Waals surface area (Å²) in [6.07, 6.45) is 7.57. The summed E-state index contributed by atoms with van der Waals surface area (Å²) < 4.78 is 0. The highest BCUT2D eigenvalue weighted by Gasteiger charge is 2.36. The van der Waals surface area contributed by atoms with Gasteiger partial charge in [-0.15, -0.1) is 0 Å². The molecule has 2 fully saturated rings. The fraction of sp³-hybridized carbons (Fsp3) is 0.933. The SMILES string of the molecule is CC(=O)N1CCC(NCC2(N(C)C)CCCC2)CC1. The predicted octanol–water partition coefficient (Wildman–Crippen LogP) is 1.46. The Kier molecular flexibility index (Phi) is 4.85. The van der Waals surface area contributed by atoms with Crippen molar-refractivity contribution in [2.45, 2.75) is 57.0 Å². The smallest absolute Gasteiger partial charge is 0.219 e. The van der Waals surface area contributed by atoms with E-state index in [-0.39, 0.29) is 5.91 Å². The fourth-order valence-electron chi connectivity index (χ4n) is 3.55. The van der Waals surface area contributed by atoms with E-state index in [1.807, 2.05) is 4.90 Å². The molecule has 1 N–H and O–H groups in total. The maximum atomic E-state index is 11.3. The first kappa shape index (κ1) is 14.8. The van der Waals surface area contributed by atoms with Crippen LogP contribution in [0.3, 0.4) is 0 Å². The van der Waals surface area contributed by atoms with Gasteiger partial charge in [-0.05, 0) is 39.8 Å². The third-order valence-corrected chi connectivity index (χ3v) is 5.14. The van der Waals surface area contributed by atoms with Gasteiger partial charge in [-0.1, -0.05) is 12.8 Å². The van der Waals surface area contributed by atoms with Crippen molar-refractivity contribution in [1.82, 2.24) is 15.1 Å². The van der Waals surface area contributed by atoms with Crippen molar-refractivity contribution in [2.24, 2.45) is 0 Å². The van der Waals surface area contributed by atoms with Crippen molar-refractivity contribution in [2.75, 3.05) is 33.7 Å². The second-order valence-corrected chi connectivity index (χ2v) is 6.49. The van der Waals surface area contributed by atoms with E-state index in [1.54, 1.807) is 6.92 Å². The number of nitrogens with zero attached hydrogens (tertiary/aromatic N) is 2. The lowest BCUT2D eigenvalue weighted by Crippen LogP contribution is -2.53. The molecule has 1 saturated carbocycles. The van der Waals surface area contributed by atoms with E-state index in [4.69, 9.17) is 0 Å². The maximum Gasteiger partial charge on any atom is 0.219 e. The van der Waals surface area contributed by atoms with E-state index >= 15 is 0 Å². The average Bonchev–Trinajstić information content (AvgIpc) is 2.87. The first-order chi connectivity index (χ1) is 9.03. The number of amides is 1. The van der Waals surface area contributed by atoms with Gasteiger partial charge in [-0.25, -0.2) is 0 Å². The summed E-state index contributed by atoms with van der Waals surface area (Å²) in [5.41, 5.74) is 0.373. The van der Waals surface area contributed by atoms with Crippen LogP contribution in [0.4, 0.5) is 0 Å². The van der Waals surface area contributed by atoms with Crippen LogP contribution in [-0.2, 0) is 4.79 Å². The highest BCUT2D eigenvalue weighted by Crippen LogP contribution is 2.33. The van der Waals surface area contributed by atoms with Gasteiger partial charge in [-0.2, -0.15) is 0 Å². The zero-order valence-electron chi connectivity index (χ0n) is 12.7. The summed E-state index contributed by atoms with van der Waals surface area (Å²) in [4.78, 5) is 15.7. The molecule has 110 valence electrons. The summed E-state index contributed by atoms with van der Waals surface area (Å²) in [6, 6.07) is 0.591. The van der Waals surface area contributed by atoms with Crippen LogP contribution in [0, 0.1) is 0 Å². The molecular weight excluding hydrogens is 238 g/mol. The molecule has 0 spiro atoms. The Morgan fingerprint density at radius 3 is 2.32 bits per heavy atom. The van der Waals surface area contributed by atoms with E-state index < -0.39 is 0 Å². The molecule has 0 atom stereocenters. The first-order valence-electron chi connectivity index (χ1n) is 7.70. The lowest BCUT2D eigenvalue weighted by atomic mass is 9.94. The molecule has 1 amide bonds. The summed E-state index contributed by atoms with van der Waals surface area (Å²) in [7, 11) is 4.43. The summed E-state index contributed by atoms with van der Waals surface area (Å²) in [6.45, 7) is 4.61. The van der Waals surface area contributed by atoms with Crippen molar-refractivity contribution < 1.29 is 4.79 Å². The molecule has 1 heterocycles. The van der Waals surface area contributed by atoms with Gasteiger partial charge in [0.1, 0.15) is 0 Å². The summed E-state index contributed by atoms with van der Waals surface area (Å²) in [5, 5.41) is 3.77. The number of hydrogen-bond acceptors (Lipinski definition) is 3. The Balaban J connectivity index is 1.78. The lowest BCUT2D eigenvalue weighted by molar-refractivity contribution is -0.129. The zero-order chi connectivity index (χ0) is 13.9. The second kappa shape index (κ2) is 6.23. The molecule has 2 rings (SSSR count). The summed E-state index contributed by atoms with van der Waals surface area (Å²) in [5.74, 6) is 0.221. The molecule has 0 unspecified atom stereocenters. The van der Waals surface area contributed by atoms with E-state index in [0.717, 1.165) is 32.5 Å². The Labute approximate surface area is 117 Å². The van der Waals surface area contributed by atoms with Crippen molar-refractivity contribution in [3.8, 4) is 0 Å². The van der Waals surface area contributed by atoms with Gasteiger partial charge in [0.15, 0.2) is 0 Å². The molecule has 0 aromatic heterocycles. The molecule has 0 bridgehead atoms. The van der Waals surface area contributed by atoms with Crippen molar-refractivity contribution in [3.63, 3.8) is 0 Å². The highest BCUT2D eigenvalue weighted by atomic mass is 16.2. The zero-order valence-corrected chi connectivity index (χ0v) is 12.7. The Hall–Kier alpha value is -0.610. The molecule has 19 heavy (non-hydrogen) atoms. The monoisotopic (exact) mass is 267 g/mol. The molecule has 4 heteroatoms. The molecule has 0 aromatic carbocycles. The number of carbonyl (C=O) groups is 1. The number of rotatable bonds is 4. The largest absolute Gasteiger partial charge is 0.343 e. The van der Waals surface area contributed by atoms with E-state index in [0.29, 0.717) is 11.6 Å². The molecular formula is C15H29N3O. The van der Waals surface area contributed by atoms with Crippen molar-refractivity contribution in [1.29, 1.82) is 0 Å². The van der Waals surface area contributed by atoms with E-state index in [9.17, 15) is 4.79 Å². The first-order valence-corrected chi connectivity index (χ1v) is 7.70. The lowest BCUT2D eigenvalue weighted by Gasteiger charge is -2.39. The van der Waals surface area contributed by atoms with Crippen LogP contribution in [0.15, 0.2) is 0 Å². The Bertz CT molecular complexity index is 303. The minimum absolute atomic E-state index is 0.221. The molecule has 0 radical (unpaired) electrons. The van der Waals surface area contributed by atoms with Gasteiger partial charge in [0.25, 0.3) is 0 Å². The van der Waals surface area contributed by atoms with Crippen LogP contribution >= 0.6 is 0 Å². The molecule has 2 aliphatic rings. The highest BCUT2D eigenvalue weighted by molar-refractivity contribution is 5.73. The van der Waals surface area contributed by atoms with Gasteiger partial charge in [0, 0.05) is 38.1 Å². The predicted molar refractivity (Wildman–Crippen MR) is 78.2 cm³/mol. The molecule has 4 nitrogen and oxygen atoms in total. The van der Waals surface area contributed by atoms with Crippen LogP contribution < -0.4 is 5.32 Å². The minimum Gasteiger partial charge on any atom is -0.343 e. The van der Waals surface area contributed by atoms with Crippen molar-refractivity contribution >= 4 is 5.91 Å². The maximum absolute atomic E-state index is 11.3. The molecule has 1 saturated heterocycles. The van der Waals surface area contributed by atoms with Gasteiger partial charge in [-0.3, -0.25) is 4.79 Å². The quantitative estimate of drug-likeness (QED) is 0.837. The van der Waals surface area contributed by atoms with Crippen molar-refractivity contribution in [3.05, 3.63) is 0 Å². The second-order valence-electron chi connectivity index (χ2n) is 6.49. The topological polar surface area (TPSA) is 35.6 Å². The van der Waals surface area contributed by atoms with Crippen LogP contribution in [0.1, 0.15) is 45.4 Å². The van der Waals surface area contributed by atoms with Gasteiger partial charge < -0.3 is 15.1 Å². The Morgan fingerprint density at radius 2 is 1.84 bits per heavy atom. The standard InChI is InChI=1S/C15H29N3O/c1-13(19)18-10-6-14(7-11-18)16-12-15(17(2)3)8-4-5-9-15/h14,16H,4-12H2,1-3H3. The summed E-state index contributed by atoms with van der Waals surface area (Å²) >= 11 is 0. The van der Waals surface area contributed by atoms with E-state index in [1.165, 1.54) is 25.7 Å². The molecule has 1 aliphatic carbocycles. The van der Waals surface area contributed by atoms with Crippen LogP contribution in [0.25, 0.3) is 0 Å². The fourth-order valence-corrected chi connectivity index (χ4v) is 3.55. The third-order valence-electron chi connectivity index (χ3n) is 5.14. The van der Waals surface area contributed by atoms with Crippen LogP contribution in [0.2, 0.25) is 0 Å². The molecule has 1 aliphatic heterocycles. The number of carbonyl (C=O) groups excluding carboxylic acids is 1. The number of likely N-dealkylation sites (tertiary alicyclic amines) is 1. The normalized spacial score (nSPS) is 24.1. The van der Waals surface area contributed by atoms with Gasteiger partial charge in [0.2, 0.25) is 5.91 Å². The van der Waals surface area contributed by atoms with Gasteiger partial charge in [0.05, 0.1) is 0 Å². The number of piperidine rings is 1. The van der Waals surface area contributed by atoms with Crippen LogP contribution in [-0.4, -0.2) is 61.0 Å². The van der Waals surface area contributed by atoms with E-state index in [2.05, 4.69) is 24.3 Å². The minimum atomic E-state index is 0.221. The molecule has 0 aromatic rings. The average molecular weight is 267 g/mol.